The lowest BCUT2D eigenvalue weighted by atomic mass is 9.90. The van der Waals surface area contributed by atoms with Crippen LogP contribution < -0.4 is 5.32 Å². The fraction of sp³-hybridized carbons (Fsp3) is 0.0833. The lowest BCUT2D eigenvalue weighted by Crippen LogP contribution is -2.22. The zero-order valence-corrected chi connectivity index (χ0v) is 17.0. The molecule has 0 radical (unpaired) electrons. The van der Waals surface area contributed by atoms with E-state index in [9.17, 15) is 4.79 Å². The molecular formula is C24H19BrN2O. The largest absolute Gasteiger partial charge is 0.323 e. The number of pyridine rings is 1. The number of fused-ring (bicyclic) bond motifs is 1. The van der Waals surface area contributed by atoms with Crippen molar-refractivity contribution >= 4 is 38.4 Å². The van der Waals surface area contributed by atoms with E-state index in [1.165, 1.54) is 0 Å². The molecule has 0 saturated heterocycles. The summed E-state index contributed by atoms with van der Waals surface area (Å²) < 4.78 is 0.954. The van der Waals surface area contributed by atoms with Gasteiger partial charge in [0.05, 0.1) is 17.1 Å². The van der Waals surface area contributed by atoms with Crippen LogP contribution in [0.2, 0.25) is 0 Å². The van der Waals surface area contributed by atoms with Gasteiger partial charge in [-0.1, -0.05) is 76.6 Å². The number of rotatable bonds is 4. The molecule has 28 heavy (non-hydrogen) atoms. The molecule has 4 rings (SSSR count). The number of amides is 1. The highest BCUT2D eigenvalue weighted by atomic mass is 79.9. The Labute approximate surface area is 172 Å². The highest BCUT2D eigenvalue weighted by Crippen LogP contribution is 2.31. The van der Waals surface area contributed by atoms with Gasteiger partial charge < -0.3 is 5.32 Å². The van der Waals surface area contributed by atoms with Gasteiger partial charge in [-0.3, -0.25) is 9.78 Å². The Morgan fingerprint density at radius 3 is 2.07 bits per heavy atom. The van der Waals surface area contributed by atoms with Crippen molar-refractivity contribution in [1.29, 1.82) is 0 Å². The van der Waals surface area contributed by atoms with E-state index in [2.05, 4.69) is 26.2 Å². The van der Waals surface area contributed by atoms with Crippen molar-refractivity contribution in [3.63, 3.8) is 0 Å². The molecule has 138 valence electrons. The van der Waals surface area contributed by atoms with Gasteiger partial charge in [-0.25, -0.2) is 0 Å². The smallest absolute Gasteiger partial charge is 0.236 e. The van der Waals surface area contributed by atoms with E-state index >= 15 is 0 Å². The fourth-order valence-electron chi connectivity index (χ4n) is 3.37. The average Bonchev–Trinajstić information content (AvgIpc) is 2.72. The first kappa shape index (κ1) is 18.4. The topological polar surface area (TPSA) is 42.0 Å². The summed E-state index contributed by atoms with van der Waals surface area (Å²) in [5.74, 6) is -0.477. The Balaban J connectivity index is 1.76. The Kier molecular flexibility index (Phi) is 5.22. The third-order valence-electron chi connectivity index (χ3n) is 4.73. The van der Waals surface area contributed by atoms with Crippen LogP contribution in [0.5, 0.6) is 0 Å². The minimum Gasteiger partial charge on any atom is -0.323 e. The van der Waals surface area contributed by atoms with Crippen molar-refractivity contribution in [2.45, 2.75) is 12.8 Å². The van der Waals surface area contributed by atoms with E-state index in [0.717, 1.165) is 32.2 Å². The van der Waals surface area contributed by atoms with E-state index < -0.39 is 5.92 Å². The summed E-state index contributed by atoms with van der Waals surface area (Å²) in [4.78, 5) is 18.0. The first-order valence-corrected chi connectivity index (χ1v) is 9.89. The minimum absolute atomic E-state index is 0.0793. The van der Waals surface area contributed by atoms with Gasteiger partial charge in [-0.15, -0.1) is 0 Å². The summed E-state index contributed by atoms with van der Waals surface area (Å²) in [6.45, 7) is 1.95. The fourth-order valence-corrected chi connectivity index (χ4v) is 3.82. The summed E-state index contributed by atoms with van der Waals surface area (Å²) in [5.41, 5.74) is 4.31. The summed E-state index contributed by atoms with van der Waals surface area (Å²) in [7, 11) is 0. The summed E-state index contributed by atoms with van der Waals surface area (Å²) in [6.07, 6.45) is 0. The summed E-state index contributed by atoms with van der Waals surface area (Å²) in [5, 5.41) is 4.09. The standard InChI is InChI=1S/C24H19BrN2O/c1-16-12-13-19-20(25)14-15-21(23(19)26-16)27-24(28)22(17-8-4-2-5-9-17)18-10-6-3-7-11-18/h2-15,22H,1H3,(H,27,28). The van der Waals surface area contributed by atoms with E-state index in [-0.39, 0.29) is 5.91 Å². The Morgan fingerprint density at radius 2 is 1.46 bits per heavy atom. The highest BCUT2D eigenvalue weighted by Gasteiger charge is 2.23. The zero-order chi connectivity index (χ0) is 19.5. The third-order valence-corrected chi connectivity index (χ3v) is 5.42. The Morgan fingerprint density at radius 1 is 0.857 bits per heavy atom. The predicted octanol–water partition coefficient (Wildman–Crippen LogP) is 6.08. The van der Waals surface area contributed by atoms with Crippen LogP contribution in [0.15, 0.2) is 89.4 Å². The summed E-state index contributed by atoms with van der Waals surface area (Å²) >= 11 is 3.57. The molecule has 0 spiro atoms. The number of carbonyl (C=O) groups excluding carboxylic acids is 1. The van der Waals surface area contributed by atoms with E-state index in [4.69, 9.17) is 0 Å². The molecule has 1 heterocycles. The second kappa shape index (κ2) is 7.95. The number of hydrogen-bond acceptors (Lipinski definition) is 2. The molecule has 0 atom stereocenters. The molecule has 3 aromatic carbocycles. The number of halogens is 1. The molecule has 3 nitrogen and oxygen atoms in total. The molecule has 4 aromatic rings. The van der Waals surface area contributed by atoms with Crippen molar-refractivity contribution in [2.75, 3.05) is 5.32 Å². The van der Waals surface area contributed by atoms with Crippen LogP contribution in [-0.4, -0.2) is 10.9 Å². The molecule has 0 aliphatic carbocycles. The van der Waals surface area contributed by atoms with Crippen LogP contribution >= 0.6 is 15.9 Å². The van der Waals surface area contributed by atoms with Crippen molar-refractivity contribution in [3.05, 3.63) is 106 Å². The number of carbonyl (C=O) groups is 1. The molecule has 4 heteroatoms. The molecule has 1 N–H and O–H groups in total. The number of nitrogens with one attached hydrogen (secondary N) is 1. The molecule has 0 aliphatic rings. The number of hydrogen-bond donors (Lipinski definition) is 1. The number of aryl methyl sites for hydroxylation is 1. The van der Waals surface area contributed by atoms with Gasteiger partial charge in [0.2, 0.25) is 5.91 Å². The van der Waals surface area contributed by atoms with Crippen LogP contribution in [0, 0.1) is 6.92 Å². The molecule has 1 aromatic heterocycles. The van der Waals surface area contributed by atoms with Crippen LogP contribution in [-0.2, 0) is 4.79 Å². The van der Waals surface area contributed by atoms with Crippen LogP contribution in [0.3, 0.4) is 0 Å². The maximum Gasteiger partial charge on any atom is 0.236 e. The lowest BCUT2D eigenvalue weighted by molar-refractivity contribution is -0.116. The number of nitrogens with zero attached hydrogens (tertiary/aromatic N) is 1. The normalized spacial score (nSPS) is 11.0. The Bertz CT molecular complexity index is 1090. The minimum atomic E-state index is -0.397. The molecule has 0 fully saturated rings. The number of aromatic nitrogens is 1. The maximum absolute atomic E-state index is 13.4. The van der Waals surface area contributed by atoms with E-state index in [1.807, 2.05) is 91.9 Å². The average molecular weight is 431 g/mol. The second-order valence-electron chi connectivity index (χ2n) is 6.69. The van der Waals surface area contributed by atoms with Crippen molar-refractivity contribution < 1.29 is 4.79 Å². The molecule has 1 amide bonds. The molecule has 0 aliphatic heterocycles. The van der Waals surface area contributed by atoms with E-state index in [0.29, 0.717) is 5.69 Å². The lowest BCUT2D eigenvalue weighted by Gasteiger charge is -2.19. The molecular weight excluding hydrogens is 412 g/mol. The van der Waals surface area contributed by atoms with Gasteiger partial charge in [0.25, 0.3) is 0 Å². The van der Waals surface area contributed by atoms with Crippen molar-refractivity contribution in [3.8, 4) is 0 Å². The number of benzene rings is 3. The number of anilines is 1. The molecule has 0 unspecified atom stereocenters. The highest BCUT2D eigenvalue weighted by molar-refractivity contribution is 9.10. The van der Waals surface area contributed by atoms with Gasteiger partial charge >= 0.3 is 0 Å². The first-order valence-electron chi connectivity index (χ1n) is 9.10. The first-order chi connectivity index (χ1) is 13.6. The van der Waals surface area contributed by atoms with Gasteiger partial charge in [-0.05, 0) is 42.3 Å². The van der Waals surface area contributed by atoms with Gasteiger partial charge in [-0.2, -0.15) is 0 Å². The zero-order valence-electron chi connectivity index (χ0n) is 15.4. The van der Waals surface area contributed by atoms with E-state index in [1.54, 1.807) is 0 Å². The van der Waals surface area contributed by atoms with Crippen LogP contribution in [0.4, 0.5) is 5.69 Å². The molecule has 0 bridgehead atoms. The van der Waals surface area contributed by atoms with Crippen LogP contribution in [0.25, 0.3) is 10.9 Å². The SMILES string of the molecule is Cc1ccc2c(Br)ccc(NC(=O)C(c3ccccc3)c3ccccc3)c2n1. The quantitative estimate of drug-likeness (QED) is 0.426. The van der Waals surface area contributed by atoms with Crippen molar-refractivity contribution in [1.82, 2.24) is 4.98 Å². The van der Waals surface area contributed by atoms with Crippen LogP contribution in [0.1, 0.15) is 22.7 Å². The summed E-state index contributed by atoms with van der Waals surface area (Å²) in [6, 6.07) is 27.5. The third kappa shape index (κ3) is 3.69. The van der Waals surface area contributed by atoms with Gasteiger partial charge in [0, 0.05) is 15.6 Å². The monoisotopic (exact) mass is 430 g/mol. The maximum atomic E-state index is 13.4. The second-order valence-corrected chi connectivity index (χ2v) is 7.54. The Hall–Kier alpha value is -2.98. The predicted molar refractivity (Wildman–Crippen MR) is 118 cm³/mol. The molecule has 0 saturated carbocycles. The van der Waals surface area contributed by atoms with Gasteiger partial charge in [0.1, 0.15) is 0 Å². The van der Waals surface area contributed by atoms with Crippen molar-refractivity contribution in [2.24, 2.45) is 0 Å². The van der Waals surface area contributed by atoms with Gasteiger partial charge in [0.15, 0.2) is 0 Å².